The average molecular weight is 492 g/mol. The molecule has 0 aliphatic rings. The van der Waals surface area contributed by atoms with Crippen molar-refractivity contribution in [3.8, 4) is 0 Å². The first-order chi connectivity index (χ1) is 15.8. The third-order valence-corrected chi connectivity index (χ3v) is 6.28. The first kappa shape index (κ1) is 27.3. The molecule has 186 valence electrons. The largest absolute Gasteiger partial charge is 0.350 e. The van der Waals surface area contributed by atoms with Gasteiger partial charge in [-0.2, -0.15) is 0 Å². The molecule has 0 aliphatic heterocycles. The van der Waals surface area contributed by atoms with Crippen molar-refractivity contribution in [2.24, 2.45) is 0 Å². The highest BCUT2D eigenvalue weighted by Gasteiger charge is 2.32. The predicted octanol–water partition coefficient (Wildman–Crippen LogP) is 3.36. The standard InChI is InChI=1S/C25H34FN3O4S/c1-6-22(24(31)27-25(2,3)4)28(16-15-19-11-8-7-9-12-19)23(30)18-29(34(5,32)33)21-14-10-13-20(26)17-21/h7-14,17,22H,6,15-16,18H2,1-5H3,(H,27,31)/t22-/m1/s1. The van der Waals surface area contributed by atoms with Crippen LogP contribution in [0.3, 0.4) is 0 Å². The number of carbonyl (C=O) groups is 2. The van der Waals surface area contributed by atoms with E-state index in [-0.39, 0.29) is 18.1 Å². The van der Waals surface area contributed by atoms with Crippen molar-refractivity contribution in [2.75, 3.05) is 23.7 Å². The fourth-order valence-electron chi connectivity index (χ4n) is 3.59. The molecule has 1 N–H and O–H groups in total. The molecule has 0 saturated heterocycles. The Balaban J connectivity index is 2.38. The monoisotopic (exact) mass is 491 g/mol. The fraction of sp³-hybridized carbons (Fsp3) is 0.440. The highest BCUT2D eigenvalue weighted by atomic mass is 32.2. The van der Waals surface area contributed by atoms with Gasteiger partial charge in [0, 0.05) is 12.1 Å². The number of sulfonamides is 1. The van der Waals surface area contributed by atoms with Gasteiger partial charge in [-0.1, -0.05) is 43.3 Å². The summed E-state index contributed by atoms with van der Waals surface area (Å²) in [7, 11) is -3.89. The van der Waals surface area contributed by atoms with E-state index < -0.39 is 39.9 Å². The van der Waals surface area contributed by atoms with Crippen LogP contribution in [0.25, 0.3) is 0 Å². The van der Waals surface area contributed by atoms with Crippen LogP contribution in [0.15, 0.2) is 54.6 Å². The number of anilines is 1. The smallest absolute Gasteiger partial charge is 0.244 e. The molecule has 2 rings (SSSR count). The zero-order chi connectivity index (χ0) is 25.5. The lowest BCUT2D eigenvalue weighted by molar-refractivity contribution is -0.140. The molecule has 0 heterocycles. The van der Waals surface area contributed by atoms with E-state index in [1.165, 1.54) is 23.1 Å². The second-order valence-corrected chi connectivity index (χ2v) is 11.1. The first-order valence-corrected chi connectivity index (χ1v) is 13.1. The number of carbonyl (C=O) groups excluding carboxylic acids is 2. The Labute approximate surface area is 202 Å². The number of halogens is 1. The number of benzene rings is 2. The van der Waals surface area contributed by atoms with Gasteiger partial charge < -0.3 is 10.2 Å². The summed E-state index contributed by atoms with van der Waals surface area (Å²) >= 11 is 0. The van der Waals surface area contributed by atoms with Crippen molar-refractivity contribution < 1.29 is 22.4 Å². The van der Waals surface area contributed by atoms with Gasteiger partial charge in [0.05, 0.1) is 11.9 Å². The van der Waals surface area contributed by atoms with E-state index in [9.17, 15) is 22.4 Å². The first-order valence-electron chi connectivity index (χ1n) is 11.2. The second kappa shape index (κ2) is 11.5. The van der Waals surface area contributed by atoms with Crippen LogP contribution < -0.4 is 9.62 Å². The lowest BCUT2D eigenvalue weighted by Crippen LogP contribution is -2.56. The summed E-state index contributed by atoms with van der Waals surface area (Å²) in [5.74, 6) is -1.47. The number of nitrogens with one attached hydrogen (secondary N) is 1. The van der Waals surface area contributed by atoms with E-state index in [0.717, 1.165) is 22.2 Å². The van der Waals surface area contributed by atoms with Crippen molar-refractivity contribution in [3.05, 3.63) is 66.0 Å². The molecule has 0 bridgehead atoms. The molecule has 0 spiro atoms. The van der Waals surface area contributed by atoms with Gasteiger partial charge >= 0.3 is 0 Å². The Morgan fingerprint density at radius 2 is 1.71 bits per heavy atom. The average Bonchev–Trinajstić information content (AvgIpc) is 2.73. The summed E-state index contributed by atoms with van der Waals surface area (Å²) in [6.07, 6.45) is 1.80. The van der Waals surface area contributed by atoms with Crippen LogP contribution in [0.5, 0.6) is 0 Å². The third kappa shape index (κ3) is 8.13. The SMILES string of the molecule is CC[C@H](C(=O)NC(C)(C)C)N(CCc1ccccc1)C(=O)CN(c1cccc(F)c1)S(C)(=O)=O. The van der Waals surface area contributed by atoms with Crippen LogP contribution >= 0.6 is 0 Å². The Bertz CT molecular complexity index is 1080. The van der Waals surface area contributed by atoms with E-state index in [1.807, 2.05) is 51.1 Å². The lowest BCUT2D eigenvalue weighted by Gasteiger charge is -2.34. The molecule has 0 aromatic heterocycles. The lowest BCUT2D eigenvalue weighted by atomic mass is 10.1. The number of rotatable bonds is 10. The molecule has 0 unspecified atom stereocenters. The molecular formula is C25H34FN3O4S. The van der Waals surface area contributed by atoms with Crippen LogP contribution in [0.1, 0.15) is 39.7 Å². The van der Waals surface area contributed by atoms with Crippen molar-refractivity contribution in [2.45, 2.75) is 52.1 Å². The van der Waals surface area contributed by atoms with Crippen LogP contribution in [-0.4, -0.2) is 56.1 Å². The third-order valence-electron chi connectivity index (χ3n) is 5.14. The summed E-state index contributed by atoms with van der Waals surface area (Å²) in [5.41, 5.74) is 0.529. The summed E-state index contributed by atoms with van der Waals surface area (Å²) in [4.78, 5) is 28.0. The molecule has 2 aromatic carbocycles. The van der Waals surface area contributed by atoms with Crippen LogP contribution in [-0.2, 0) is 26.0 Å². The summed E-state index contributed by atoms with van der Waals surface area (Å²) in [6, 6.07) is 13.8. The molecule has 0 fully saturated rings. The quantitative estimate of drug-likeness (QED) is 0.552. The van der Waals surface area contributed by atoms with E-state index in [1.54, 1.807) is 6.92 Å². The van der Waals surface area contributed by atoms with Gasteiger partial charge in [0.2, 0.25) is 21.8 Å². The Hall–Kier alpha value is -2.94. The van der Waals surface area contributed by atoms with Crippen molar-refractivity contribution in [3.63, 3.8) is 0 Å². The molecule has 34 heavy (non-hydrogen) atoms. The van der Waals surface area contributed by atoms with Crippen molar-refractivity contribution in [1.82, 2.24) is 10.2 Å². The van der Waals surface area contributed by atoms with Gasteiger partial charge in [0.15, 0.2) is 0 Å². The van der Waals surface area contributed by atoms with E-state index in [4.69, 9.17) is 0 Å². The van der Waals surface area contributed by atoms with E-state index >= 15 is 0 Å². The molecule has 0 saturated carbocycles. The maximum atomic E-state index is 13.8. The van der Waals surface area contributed by atoms with Crippen LogP contribution in [0, 0.1) is 5.82 Å². The zero-order valence-corrected chi connectivity index (χ0v) is 21.2. The van der Waals surface area contributed by atoms with Crippen molar-refractivity contribution in [1.29, 1.82) is 0 Å². The summed E-state index contributed by atoms with van der Waals surface area (Å²) in [5, 5.41) is 2.91. The Kier molecular flexibility index (Phi) is 9.21. The molecule has 9 heteroatoms. The Morgan fingerprint density at radius 1 is 1.06 bits per heavy atom. The van der Waals surface area contributed by atoms with E-state index in [0.29, 0.717) is 12.8 Å². The molecule has 2 amide bonds. The topological polar surface area (TPSA) is 86.8 Å². The van der Waals surface area contributed by atoms with Gasteiger partial charge in [-0.25, -0.2) is 12.8 Å². The predicted molar refractivity (Wildman–Crippen MR) is 132 cm³/mol. The highest BCUT2D eigenvalue weighted by molar-refractivity contribution is 7.92. The number of nitrogens with zero attached hydrogens (tertiary/aromatic N) is 2. The molecule has 2 aromatic rings. The maximum absolute atomic E-state index is 13.8. The fourth-order valence-corrected chi connectivity index (χ4v) is 4.44. The molecule has 0 aliphatic carbocycles. The van der Waals surface area contributed by atoms with Gasteiger partial charge in [-0.05, 0) is 57.4 Å². The molecule has 7 nitrogen and oxygen atoms in total. The van der Waals surface area contributed by atoms with Gasteiger partial charge in [0.1, 0.15) is 18.4 Å². The minimum absolute atomic E-state index is 0.0473. The zero-order valence-electron chi connectivity index (χ0n) is 20.4. The van der Waals surface area contributed by atoms with Gasteiger partial charge in [-0.15, -0.1) is 0 Å². The van der Waals surface area contributed by atoms with E-state index in [2.05, 4.69) is 5.32 Å². The molecule has 0 radical (unpaired) electrons. The minimum atomic E-state index is -3.89. The minimum Gasteiger partial charge on any atom is -0.350 e. The van der Waals surface area contributed by atoms with Crippen molar-refractivity contribution >= 4 is 27.5 Å². The molecule has 1 atom stereocenters. The van der Waals surface area contributed by atoms with Gasteiger partial charge in [-0.3, -0.25) is 13.9 Å². The Morgan fingerprint density at radius 3 is 2.24 bits per heavy atom. The summed E-state index contributed by atoms with van der Waals surface area (Å²) < 4.78 is 39.6. The van der Waals surface area contributed by atoms with Gasteiger partial charge in [0.25, 0.3) is 0 Å². The van der Waals surface area contributed by atoms with Crippen LogP contribution in [0.4, 0.5) is 10.1 Å². The molecular weight excluding hydrogens is 457 g/mol. The maximum Gasteiger partial charge on any atom is 0.244 e. The number of hydrogen-bond donors (Lipinski definition) is 1. The van der Waals surface area contributed by atoms with Crippen LogP contribution in [0.2, 0.25) is 0 Å². The highest BCUT2D eigenvalue weighted by Crippen LogP contribution is 2.20. The summed E-state index contributed by atoms with van der Waals surface area (Å²) in [6.45, 7) is 7.03. The number of amides is 2. The normalized spacial score (nSPS) is 12.6. The second-order valence-electron chi connectivity index (χ2n) is 9.24. The number of hydrogen-bond acceptors (Lipinski definition) is 4.